The van der Waals surface area contributed by atoms with Gasteiger partial charge in [0.05, 0.1) is 5.52 Å². The SMILES string of the molecule is O=c1ccccc2ncccc12. The van der Waals surface area contributed by atoms with Crippen LogP contribution in [0.25, 0.3) is 10.9 Å². The highest BCUT2D eigenvalue weighted by Crippen LogP contribution is 2.02. The van der Waals surface area contributed by atoms with Crippen molar-refractivity contribution in [1.82, 2.24) is 4.98 Å². The lowest BCUT2D eigenvalue weighted by Gasteiger charge is -1.86. The second kappa shape index (κ2) is 2.74. The van der Waals surface area contributed by atoms with E-state index in [-0.39, 0.29) is 5.43 Å². The smallest absolute Gasteiger partial charge is 0.188 e. The average molecular weight is 157 g/mol. The van der Waals surface area contributed by atoms with Crippen molar-refractivity contribution in [3.05, 3.63) is 52.8 Å². The predicted molar refractivity (Wildman–Crippen MR) is 48.0 cm³/mol. The molecule has 1 heterocycles. The minimum atomic E-state index is 0.0168. The van der Waals surface area contributed by atoms with E-state index in [0.29, 0.717) is 5.39 Å². The van der Waals surface area contributed by atoms with Crippen molar-refractivity contribution in [1.29, 1.82) is 0 Å². The molecule has 58 valence electrons. The number of fused-ring (bicyclic) bond motifs is 1. The maximum atomic E-state index is 11.3. The summed E-state index contributed by atoms with van der Waals surface area (Å²) < 4.78 is 0. The van der Waals surface area contributed by atoms with Gasteiger partial charge in [-0.25, -0.2) is 0 Å². The van der Waals surface area contributed by atoms with Crippen molar-refractivity contribution in [2.45, 2.75) is 0 Å². The quantitative estimate of drug-likeness (QED) is 0.581. The summed E-state index contributed by atoms with van der Waals surface area (Å²) in [6, 6.07) is 10.5. The molecule has 0 amide bonds. The fourth-order valence-corrected chi connectivity index (χ4v) is 1.14. The first-order valence-corrected chi connectivity index (χ1v) is 3.72. The molecule has 2 rings (SSSR count). The highest BCUT2D eigenvalue weighted by Gasteiger charge is 1.92. The lowest BCUT2D eigenvalue weighted by molar-refractivity contribution is 1.42. The van der Waals surface area contributed by atoms with E-state index >= 15 is 0 Å². The molecule has 1 aromatic carbocycles. The third-order valence-electron chi connectivity index (χ3n) is 1.72. The van der Waals surface area contributed by atoms with E-state index in [9.17, 15) is 4.79 Å². The van der Waals surface area contributed by atoms with Gasteiger partial charge >= 0.3 is 0 Å². The molecule has 0 bridgehead atoms. The van der Waals surface area contributed by atoms with Crippen molar-refractivity contribution >= 4 is 10.9 Å². The molecule has 2 aromatic rings. The number of aromatic nitrogens is 1. The normalized spacial score (nSPS) is 10.0. The molecule has 0 spiro atoms. The molecule has 2 heteroatoms. The molecule has 0 unspecified atom stereocenters. The highest BCUT2D eigenvalue weighted by molar-refractivity contribution is 5.76. The zero-order valence-electron chi connectivity index (χ0n) is 6.40. The lowest BCUT2D eigenvalue weighted by atomic mass is 10.3. The van der Waals surface area contributed by atoms with E-state index in [2.05, 4.69) is 4.98 Å². The average Bonchev–Trinajstić information content (AvgIpc) is 2.29. The van der Waals surface area contributed by atoms with Crippen LogP contribution in [-0.4, -0.2) is 4.98 Å². The number of pyridine rings is 1. The van der Waals surface area contributed by atoms with Gasteiger partial charge < -0.3 is 0 Å². The number of hydrogen-bond donors (Lipinski definition) is 0. The fourth-order valence-electron chi connectivity index (χ4n) is 1.14. The summed E-state index contributed by atoms with van der Waals surface area (Å²) in [4.78, 5) is 15.4. The summed E-state index contributed by atoms with van der Waals surface area (Å²) in [6.45, 7) is 0. The molecule has 0 aliphatic rings. The van der Waals surface area contributed by atoms with Crippen molar-refractivity contribution in [3.8, 4) is 0 Å². The summed E-state index contributed by atoms with van der Waals surface area (Å²) >= 11 is 0. The van der Waals surface area contributed by atoms with Gasteiger partial charge in [0.15, 0.2) is 5.43 Å². The molecule has 0 aliphatic heterocycles. The van der Waals surface area contributed by atoms with Gasteiger partial charge in [0.1, 0.15) is 0 Å². The number of hydrogen-bond acceptors (Lipinski definition) is 2. The summed E-state index contributed by atoms with van der Waals surface area (Å²) in [7, 11) is 0. The van der Waals surface area contributed by atoms with Crippen LogP contribution in [0.15, 0.2) is 47.4 Å². The van der Waals surface area contributed by atoms with Gasteiger partial charge in [-0.2, -0.15) is 0 Å². The molecule has 0 atom stereocenters. The molecule has 12 heavy (non-hydrogen) atoms. The van der Waals surface area contributed by atoms with Gasteiger partial charge in [-0.05, 0) is 24.3 Å². The van der Waals surface area contributed by atoms with E-state index < -0.39 is 0 Å². The van der Waals surface area contributed by atoms with Crippen LogP contribution in [0.4, 0.5) is 0 Å². The van der Waals surface area contributed by atoms with E-state index in [4.69, 9.17) is 0 Å². The van der Waals surface area contributed by atoms with Crippen LogP contribution in [0.2, 0.25) is 0 Å². The first kappa shape index (κ1) is 6.98. The van der Waals surface area contributed by atoms with Gasteiger partial charge in [0, 0.05) is 11.6 Å². The van der Waals surface area contributed by atoms with Crippen LogP contribution in [-0.2, 0) is 0 Å². The maximum Gasteiger partial charge on any atom is 0.188 e. The molecule has 0 N–H and O–H groups in total. The standard InChI is InChI=1S/C10H7NO/c12-10-6-2-1-5-9-8(10)4-3-7-11-9/h1-7H. The monoisotopic (exact) mass is 157 g/mol. The maximum absolute atomic E-state index is 11.3. The Morgan fingerprint density at radius 2 is 1.83 bits per heavy atom. The molecule has 0 saturated heterocycles. The topological polar surface area (TPSA) is 30.0 Å². The van der Waals surface area contributed by atoms with E-state index in [0.717, 1.165) is 5.52 Å². The van der Waals surface area contributed by atoms with Crippen molar-refractivity contribution in [2.24, 2.45) is 0 Å². The number of rotatable bonds is 0. The van der Waals surface area contributed by atoms with Crippen molar-refractivity contribution in [3.63, 3.8) is 0 Å². The zero-order valence-corrected chi connectivity index (χ0v) is 6.40. The van der Waals surface area contributed by atoms with Gasteiger partial charge in [-0.15, -0.1) is 0 Å². The van der Waals surface area contributed by atoms with E-state index in [1.165, 1.54) is 0 Å². The van der Waals surface area contributed by atoms with Crippen LogP contribution < -0.4 is 5.43 Å². The Hall–Kier alpha value is -1.70. The predicted octanol–water partition coefficient (Wildman–Crippen LogP) is 1.59. The second-order valence-electron chi connectivity index (χ2n) is 2.52. The Bertz CT molecular complexity index is 465. The Balaban J connectivity index is 3.06. The van der Waals surface area contributed by atoms with Gasteiger partial charge in [-0.3, -0.25) is 9.78 Å². The molecule has 0 radical (unpaired) electrons. The minimum absolute atomic E-state index is 0.0168. The first-order chi connectivity index (χ1) is 5.88. The molecular formula is C10H7NO. The summed E-state index contributed by atoms with van der Waals surface area (Å²) in [5, 5.41) is 0.669. The third kappa shape index (κ3) is 1.07. The summed E-state index contributed by atoms with van der Waals surface area (Å²) in [5.74, 6) is 0. The fraction of sp³-hybridized carbons (Fsp3) is 0. The van der Waals surface area contributed by atoms with Crippen LogP contribution in [0.3, 0.4) is 0 Å². The van der Waals surface area contributed by atoms with Crippen LogP contribution in [0.1, 0.15) is 0 Å². The van der Waals surface area contributed by atoms with Crippen molar-refractivity contribution in [2.75, 3.05) is 0 Å². The van der Waals surface area contributed by atoms with Gasteiger partial charge in [0.25, 0.3) is 0 Å². The molecule has 0 aliphatic carbocycles. The Kier molecular flexibility index (Phi) is 1.59. The molecule has 0 fully saturated rings. The largest absolute Gasteiger partial charge is 0.289 e. The molecule has 0 saturated carbocycles. The van der Waals surface area contributed by atoms with E-state index in [1.807, 2.05) is 12.1 Å². The highest BCUT2D eigenvalue weighted by atomic mass is 16.1. The minimum Gasteiger partial charge on any atom is -0.289 e. The number of nitrogens with zero attached hydrogens (tertiary/aromatic N) is 1. The third-order valence-corrected chi connectivity index (χ3v) is 1.72. The Labute approximate surface area is 69.5 Å². The molecule has 2 nitrogen and oxygen atoms in total. The zero-order chi connectivity index (χ0) is 8.39. The van der Waals surface area contributed by atoms with Gasteiger partial charge in [-0.1, -0.05) is 12.1 Å². The first-order valence-electron chi connectivity index (χ1n) is 3.72. The Morgan fingerprint density at radius 1 is 1.00 bits per heavy atom. The van der Waals surface area contributed by atoms with Crippen molar-refractivity contribution < 1.29 is 0 Å². The lowest BCUT2D eigenvalue weighted by Crippen LogP contribution is -1.94. The second-order valence-corrected chi connectivity index (χ2v) is 2.52. The molecule has 1 aromatic heterocycles. The van der Waals surface area contributed by atoms with Crippen LogP contribution in [0.5, 0.6) is 0 Å². The summed E-state index contributed by atoms with van der Waals surface area (Å²) in [5.41, 5.74) is 0.760. The van der Waals surface area contributed by atoms with E-state index in [1.54, 1.807) is 30.5 Å². The Morgan fingerprint density at radius 3 is 2.75 bits per heavy atom. The summed E-state index contributed by atoms with van der Waals surface area (Å²) in [6.07, 6.45) is 1.68. The van der Waals surface area contributed by atoms with Crippen LogP contribution >= 0.6 is 0 Å². The van der Waals surface area contributed by atoms with Crippen LogP contribution in [0, 0.1) is 0 Å². The molecular weight excluding hydrogens is 150 g/mol. The van der Waals surface area contributed by atoms with Gasteiger partial charge in [0.2, 0.25) is 0 Å².